The number of benzene rings is 3. The van der Waals surface area contributed by atoms with Crippen molar-refractivity contribution >= 4 is 21.6 Å². The van der Waals surface area contributed by atoms with Gasteiger partial charge in [-0.15, -0.1) is 0 Å². The van der Waals surface area contributed by atoms with Gasteiger partial charge in [-0.2, -0.15) is 0 Å². The van der Waals surface area contributed by atoms with Crippen LogP contribution in [0.25, 0.3) is 0 Å². The molecule has 1 fully saturated rings. The molecule has 3 aromatic rings. The Bertz CT molecular complexity index is 1250. The van der Waals surface area contributed by atoms with Crippen molar-refractivity contribution in [1.82, 2.24) is 10.2 Å². The second-order valence-electron chi connectivity index (χ2n) is 8.57. The number of primary sulfonamides is 1. The number of nitrogens with two attached hydrogens (primary N) is 1. The van der Waals surface area contributed by atoms with Gasteiger partial charge in [0.05, 0.1) is 4.90 Å². The van der Waals surface area contributed by atoms with Gasteiger partial charge >= 0.3 is 0 Å². The van der Waals surface area contributed by atoms with Crippen LogP contribution in [-0.4, -0.2) is 45.4 Å². The van der Waals surface area contributed by atoms with Crippen molar-refractivity contribution in [2.45, 2.75) is 24.9 Å². The third-order valence-electron chi connectivity index (χ3n) is 6.23. The summed E-state index contributed by atoms with van der Waals surface area (Å²) >= 11 is 0. The minimum Gasteiger partial charge on any atom is -0.369 e. The Hall–Kier alpha value is -3.20. The molecule has 34 heavy (non-hydrogen) atoms. The third-order valence-corrected chi connectivity index (χ3v) is 7.14. The lowest BCUT2D eigenvalue weighted by atomic mass is 10.1. The van der Waals surface area contributed by atoms with E-state index in [-0.39, 0.29) is 10.8 Å². The molecule has 0 unspecified atom stereocenters. The van der Waals surface area contributed by atoms with Crippen LogP contribution in [0.4, 0.5) is 5.69 Å². The molecule has 1 aliphatic heterocycles. The van der Waals surface area contributed by atoms with E-state index in [0.29, 0.717) is 17.7 Å². The molecule has 0 aromatic heterocycles. The highest BCUT2D eigenvalue weighted by Crippen LogP contribution is 2.19. The zero-order chi connectivity index (χ0) is 24.1. The van der Waals surface area contributed by atoms with E-state index in [9.17, 15) is 13.2 Å². The van der Waals surface area contributed by atoms with Crippen LogP contribution < -0.4 is 15.4 Å². The molecule has 3 aromatic carbocycles. The van der Waals surface area contributed by atoms with Crippen LogP contribution in [0, 0.1) is 6.92 Å². The van der Waals surface area contributed by atoms with Gasteiger partial charge in [0, 0.05) is 50.5 Å². The highest BCUT2D eigenvalue weighted by Gasteiger charge is 2.19. The van der Waals surface area contributed by atoms with Gasteiger partial charge in [0.2, 0.25) is 10.0 Å². The van der Waals surface area contributed by atoms with Gasteiger partial charge in [-0.1, -0.05) is 48.5 Å². The number of nitrogens with one attached hydrogen (secondary N) is 1. The fourth-order valence-electron chi connectivity index (χ4n) is 4.22. The second kappa shape index (κ2) is 10.4. The number of amides is 1. The lowest BCUT2D eigenvalue weighted by molar-refractivity contribution is 0.0950. The summed E-state index contributed by atoms with van der Waals surface area (Å²) in [6, 6.07) is 22.9. The minimum atomic E-state index is -3.88. The largest absolute Gasteiger partial charge is 0.369 e. The summed E-state index contributed by atoms with van der Waals surface area (Å²) < 4.78 is 23.3. The van der Waals surface area contributed by atoms with Crippen molar-refractivity contribution in [2.75, 3.05) is 31.1 Å². The summed E-state index contributed by atoms with van der Waals surface area (Å²) in [4.78, 5) is 17.6. The van der Waals surface area contributed by atoms with E-state index >= 15 is 0 Å². The Morgan fingerprint density at radius 2 is 1.56 bits per heavy atom. The second-order valence-corrected chi connectivity index (χ2v) is 10.1. The lowest BCUT2D eigenvalue weighted by Gasteiger charge is -2.36. The number of anilines is 1. The standard InChI is InChI=1S/C26H30N4O3S/c1-20-11-12-24(34(27,32)33)17-25(20)26(31)28-18-21-7-5-6-8-22(21)19-29-13-15-30(16-14-29)23-9-3-2-4-10-23/h2-12,17H,13-16,18-19H2,1H3,(H,28,31)(H2,27,32,33). The van der Waals surface area contributed by atoms with Crippen LogP contribution in [0.2, 0.25) is 0 Å². The summed E-state index contributed by atoms with van der Waals surface area (Å²) in [6.45, 7) is 6.83. The molecule has 4 rings (SSSR count). The molecule has 1 heterocycles. The van der Waals surface area contributed by atoms with Crippen LogP contribution in [0.3, 0.4) is 0 Å². The average Bonchev–Trinajstić information content (AvgIpc) is 2.84. The van der Waals surface area contributed by atoms with Crippen molar-refractivity contribution in [3.63, 3.8) is 0 Å². The summed E-state index contributed by atoms with van der Waals surface area (Å²) in [7, 11) is -3.88. The number of para-hydroxylation sites is 1. The number of hydrogen-bond donors (Lipinski definition) is 2. The number of rotatable bonds is 7. The number of carbonyl (C=O) groups excluding carboxylic acids is 1. The quantitative estimate of drug-likeness (QED) is 0.544. The molecule has 8 heteroatoms. The molecule has 0 spiro atoms. The Morgan fingerprint density at radius 3 is 2.24 bits per heavy atom. The summed E-state index contributed by atoms with van der Waals surface area (Å²) in [6.07, 6.45) is 0. The normalized spacial score (nSPS) is 14.7. The Kier molecular flexibility index (Phi) is 7.31. The molecule has 0 bridgehead atoms. The SMILES string of the molecule is Cc1ccc(S(N)(=O)=O)cc1C(=O)NCc1ccccc1CN1CCN(c2ccccc2)CC1. The fraction of sp³-hybridized carbons (Fsp3) is 0.269. The first-order valence-electron chi connectivity index (χ1n) is 11.3. The fourth-order valence-corrected chi connectivity index (χ4v) is 4.76. The Labute approximate surface area is 201 Å². The molecular weight excluding hydrogens is 448 g/mol. The van der Waals surface area contributed by atoms with Gasteiger partial charge in [-0.3, -0.25) is 9.69 Å². The first-order valence-corrected chi connectivity index (χ1v) is 12.9. The summed E-state index contributed by atoms with van der Waals surface area (Å²) in [5.41, 5.74) is 4.47. The van der Waals surface area contributed by atoms with E-state index in [1.165, 1.54) is 23.4 Å². The van der Waals surface area contributed by atoms with Crippen LogP contribution in [0.1, 0.15) is 27.0 Å². The zero-order valence-electron chi connectivity index (χ0n) is 19.3. The molecule has 0 aliphatic carbocycles. The number of sulfonamides is 1. The molecule has 3 N–H and O–H groups in total. The van der Waals surface area contributed by atoms with Gasteiger partial charge < -0.3 is 10.2 Å². The van der Waals surface area contributed by atoms with Crippen molar-refractivity contribution in [3.05, 3.63) is 95.1 Å². The van der Waals surface area contributed by atoms with Gasteiger partial charge in [0.1, 0.15) is 0 Å². The maximum absolute atomic E-state index is 12.8. The molecular formula is C26H30N4O3S. The van der Waals surface area contributed by atoms with Crippen molar-refractivity contribution in [1.29, 1.82) is 0 Å². The van der Waals surface area contributed by atoms with E-state index < -0.39 is 10.0 Å². The highest BCUT2D eigenvalue weighted by molar-refractivity contribution is 7.89. The smallest absolute Gasteiger partial charge is 0.251 e. The first kappa shape index (κ1) is 23.9. The topological polar surface area (TPSA) is 95.7 Å². The molecule has 0 radical (unpaired) electrons. The number of nitrogens with zero attached hydrogens (tertiary/aromatic N) is 2. The molecule has 0 saturated carbocycles. The van der Waals surface area contributed by atoms with Gasteiger partial charge in [0.15, 0.2) is 0 Å². The zero-order valence-corrected chi connectivity index (χ0v) is 20.1. The Balaban J connectivity index is 1.38. The number of aryl methyl sites for hydroxylation is 1. The lowest BCUT2D eigenvalue weighted by Crippen LogP contribution is -2.46. The van der Waals surface area contributed by atoms with E-state index in [4.69, 9.17) is 5.14 Å². The van der Waals surface area contributed by atoms with Crippen molar-refractivity contribution < 1.29 is 13.2 Å². The Morgan fingerprint density at radius 1 is 0.912 bits per heavy atom. The number of piperazine rings is 1. The van der Waals surface area contributed by atoms with E-state index in [0.717, 1.165) is 38.3 Å². The van der Waals surface area contributed by atoms with Crippen LogP contribution in [-0.2, 0) is 23.1 Å². The van der Waals surface area contributed by atoms with Gasteiger partial charge in [-0.05, 0) is 47.9 Å². The molecule has 1 amide bonds. The van der Waals surface area contributed by atoms with Crippen LogP contribution >= 0.6 is 0 Å². The van der Waals surface area contributed by atoms with Gasteiger partial charge in [0.25, 0.3) is 5.91 Å². The minimum absolute atomic E-state index is 0.0710. The van der Waals surface area contributed by atoms with Crippen molar-refractivity contribution in [3.8, 4) is 0 Å². The molecule has 7 nitrogen and oxygen atoms in total. The predicted molar refractivity (Wildman–Crippen MR) is 134 cm³/mol. The number of hydrogen-bond acceptors (Lipinski definition) is 5. The van der Waals surface area contributed by atoms with E-state index in [2.05, 4.69) is 45.4 Å². The van der Waals surface area contributed by atoms with Crippen LogP contribution in [0.5, 0.6) is 0 Å². The first-order chi connectivity index (χ1) is 16.3. The third kappa shape index (κ3) is 5.83. The molecule has 1 aliphatic rings. The molecule has 1 saturated heterocycles. The van der Waals surface area contributed by atoms with Crippen LogP contribution in [0.15, 0.2) is 77.7 Å². The monoisotopic (exact) mass is 478 g/mol. The van der Waals surface area contributed by atoms with Gasteiger partial charge in [-0.25, -0.2) is 13.6 Å². The van der Waals surface area contributed by atoms with Crippen molar-refractivity contribution in [2.24, 2.45) is 5.14 Å². The molecule has 0 atom stereocenters. The highest BCUT2D eigenvalue weighted by atomic mass is 32.2. The molecule has 178 valence electrons. The summed E-state index contributed by atoms with van der Waals surface area (Å²) in [5.74, 6) is -0.325. The maximum Gasteiger partial charge on any atom is 0.251 e. The van der Waals surface area contributed by atoms with E-state index in [1.54, 1.807) is 13.0 Å². The predicted octanol–water partition coefficient (Wildman–Crippen LogP) is 2.89. The average molecular weight is 479 g/mol. The summed E-state index contributed by atoms with van der Waals surface area (Å²) in [5, 5.41) is 8.16. The maximum atomic E-state index is 12.8. The number of carbonyl (C=O) groups is 1. The van der Waals surface area contributed by atoms with E-state index in [1.807, 2.05) is 24.3 Å².